The molecule has 1 fully saturated rings. The number of ether oxygens (including phenoxy) is 2. The van der Waals surface area contributed by atoms with Gasteiger partial charge in [0.15, 0.2) is 11.5 Å². The highest BCUT2D eigenvalue weighted by atomic mass is 35.5. The molecule has 0 aliphatic carbocycles. The van der Waals surface area contributed by atoms with E-state index in [1.165, 1.54) is 18.4 Å². The van der Waals surface area contributed by atoms with Crippen LogP contribution in [-0.4, -0.2) is 38.1 Å². The van der Waals surface area contributed by atoms with Crippen molar-refractivity contribution in [2.24, 2.45) is 5.92 Å². The standard InChI is InChI=1S/C15H22ClNO2/c1-18-14-6-5-12(8-15(14)19-2)10-17-7-3-4-13(9-16)11-17/h5-6,8,13H,3-4,7,9-11H2,1-2H3. The van der Waals surface area contributed by atoms with Crippen LogP contribution in [0.1, 0.15) is 18.4 Å². The summed E-state index contributed by atoms with van der Waals surface area (Å²) in [6.07, 6.45) is 2.50. The zero-order valence-electron chi connectivity index (χ0n) is 11.7. The Kier molecular flexibility index (Phi) is 5.34. The number of halogens is 1. The second-order valence-electron chi connectivity index (χ2n) is 5.09. The summed E-state index contributed by atoms with van der Waals surface area (Å²) in [5.41, 5.74) is 1.26. The highest BCUT2D eigenvalue weighted by Crippen LogP contribution is 2.28. The Bertz CT molecular complexity index is 411. The van der Waals surface area contributed by atoms with E-state index in [1.807, 2.05) is 6.07 Å². The second kappa shape index (κ2) is 7.01. The number of methoxy groups -OCH3 is 2. The fraction of sp³-hybridized carbons (Fsp3) is 0.600. The number of piperidine rings is 1. The first-order chi connectivity index (χ1) is 9.26. The van der Waals surface area contributed by atoms with Gasteiger partial charge >= 0.3 is 0 Å². The monoisotopic (exact) mass is 283 g/mol. The van der Waals surface area contributed by atoms with Crippen LogP contribution in [0.15, 0.2) is 18.2 Å². The van der Waals surface area contributed by atoms with Gasteiger partial charge in [-0.15, -0.1) is 11.6 Å². The van der Waals surface area contributed by atoms with E-state index in [0.717, 1.165) is 37.0 Å². The molecule has 0 aromatic heterocycles. The van der Waals surface area contributed by atoms with Gasteiger partial charge in [0.05, 0.1) is 14.2 Å². The summed E-state index contributed by atoms with van der Waals surface area (Å²) in [5.74, 6) is 2.98. The van der Waals surface area contributed by atoms with Crippen molar-refractivity contribution < 1.29 is 9.47 Å². The van der Waals surface area contributed by atoms with Gasteiger partial charge in [0.25, 0.3) is 0 Å². The van der Waals surface area contributed by atoms with Crippen LogP contribution in [0.25, 0.3) is 0 Å². The third-order valence-corrected chi connectivity index (χ3v) is 4.11. The minimum atomic E-state index is 0.635. The third-order valence-electron chi connectivity index (χ3n) is 3.68. The summed E-state index contributed by atoms with van der Waals surface area (Å²) in [6.45, 7) is 3.20. The molecule has 0 amide bonds. The topological polar surface area (TPSA) is 21.7 Å². The highest BCUT2D eigenvalue weighted by molar-refractivity contribution is 6.18. The molecule has 0 N–H and O–H groups in total. The Morgan fingerprint density at radius 3 is 2.74 bits per heavy atom. The van der Waals surface area contributed by atoms with Crippen molar-refractivity contribution in [3.63, 3.8) is 0 Å². The van der Waals surface area contributed by atoms with Gasteiger partial charge in [-0.1, -0.05) is 6.07 Å². The zero-order chi connectivity index (χ0) is 13.7. The molecule has 1 aromatic carbocycles. The lowest BCUT2D eigenvalue weighted by Crippen LogP contribution is -2.35. The van der Waals surface area contributed by atoms with E-state index >= 15 is 0 Å². The van der Waals surface area contributed by atoms with Crippen molar-refractivity contribution in [1.29, 1.82) is 0 Å². The summed E-state index contributed by atoms with van der Waals surface area (Å²) in [4.78, 5) is 2.47. The van der Waals surface area contributed by atoms with Crippen molar-refractivity contribution in [3.8, 4) is 11.5 Å². The number of rotatable bonds is 5. The van der Waals surface area contributed by atoms with Gasteiger partial charge in [-0.05, 0) is 43.0 Å². The lowest BCUT2D eigenvalue weighted by molar-refractivity contribution is 0.178. The zero-order valence-corrected chi connectivity index (χ0v) is 12.4. The van der Waals surface area contributed by atoms with E-state index in [-0.39, 0.29) is 0 Å². The van der Waals surface area contributed by atoms with Gasteiger partial charge in [0, 0.05) is 19.0 Å². The molecule has 4 heteroatoms. The Morgan fingerprint density at radius 2 is 2.05 bits per heavy atom. The minimum Gasteiger partial charge on any atom is -0.493 e. The molecule has 1 aliphatic heterocycles. The van der Waals surface area contributed by atoms with E-state index in [1.54, 1.807) is 14.2 Å². The average Bonchev–Trinajstić information content (AvgIpc) is 2.47. The Hall–Kier alpha value is -0.930. The smallest absolute Gasteiger partial charge is 0.161 e. The molecular formula is C15H22ClNO2. The summed E-state index contributed by atoms with van der Waals surface area (Å²) >= 11 is 5.97. The number of alkyl halides is 1. The van der Waals surface area contributed by atoms with Crippen LogP contribution in [0, 0.1) is 5.92 Å². The molecule has 1 heterocycles. The molecule has 0 saturated carbocycles. The first kappa shape index (κ1) is 14.5. The van der Waals surface area contributed by atoms with E-state index < -0.39 is 0 Å². The van der Waals surface area contributed by atoms with Crippen molar-refractivity contribution >= 4 is 11.6 Å². The van der Waals surface area contributed by atoms with Crippen LogP contribution >= 0.6 is 11.6 Å². The van der Waals surface area contributed by atoms with Gasteiger partial charge in [0.2, 0.25) is 0 Å². The first-order valence-corrected chi connectivity index (χ1v) is 7.29. The van der Waals surface area contributed by atoms with Crippen LogP contribution in [0.3, 0.4) is 0 Å². The van der Waals surface area contributed by atoms with E-state index in [0.29, 0.717) is 5.92 Å². The predicted molar refractivity (Wildman–Crippen MR) is 78.3 cm³/mol. The van der Waals surface area contributed by atoms with Crippen LogP contribution in [0.2, 0.25) is 0 Å². The maximum atomic E-state index is 5.97. The number of nitrogens with zero attached hydrogens (tertiary/aromatic N) is 1. The SMILES string of the molecule is COc1ccc(CN2CCCC(CCl)C2)cc1OC. The lowest BCUT2D eigenvalue weighted by Gasteiger charge is -2.31. The number of hydrogen-bond acceptors (Lipinski definition) is 3. The quantitative estimate of drug-likeness (QED) is 0.775. The Labute approximate surface area is 120 Å². The molecular weight excluding hydrogens is 262 g/mol. The molecule has 2 rings (SSSR count). The number of benzene rings is 1. The highest BCUT2D eigenvalue weighted by Gasteiger charge is 2.19. The largest absolute Gasteiger partial charge is 0.493 e. The van der Waals surface area contributed by atoms with Crippen molar-refractivity contribution in [2.45, 2.75) is 19.4 Å². The summed E-state index contributed by atoms with van der Waals surface area (Å²) in [6, 6.07) is 6.13. The fourth-order valence-electron chi connectivity index (χ4n) is 2.66. The number of likely N-dealkylation sites (tertiary alicyclic amines) is 1. The normalized spacial score (nSPS) is 20.3. The van der Waals surface area contributed by atoms with Crippen molar-refractivity contribution in [3.05, 3.63) is 23.8 Å². The molecule has 19 heavy (non-hydrogen) atoms. The summed E-state index contributed by atoms with van der Waals surface area (Å²) in [7, 11) is 3.33. The van der Waals surface area contributed by atoms with Crippen molar-refractivity contribution in [1.82, 2.24) is 4.90 Å². The summed E-state index contributed by atoms with van der Waals surface area (Å²) < 4.78 is 10.6. The maximum Gasteiger partial charge on any atom is 0.161 e. The molecule has 1 saturated heterocycles. The molecule has 1 aliphatic rings. The van der Waals surface area contributed by atoms with Crippen LogP contribution in [0.5, 0.6) is 11.5 Å². The van der Waals surface area contributed by atoms with E-state index in [9.17, 15) is 0 Å². The molecule has 0 spiro atoms. The van der Waals surface area contributed by atoms with Gasteiger partial charge < -0.3 is 9.47 Å². The van der Waals surface area contributed by atoms with Gasteiger partial charge in [-0.25, -0.2) is 0 Å². The molecule has 1 unspecified atom stereocenters. The van der Waals surface area contributed by atoms with Gasteiger partial charge in [-0.3, -0.25) is 4.90 Å². The first-order valence-electron chi connectivity index (χ1n) is 6.76. The molecule has 1 aromatic rings. The second-order valence-corrected chi connectivity index (χ2v) is 5.40. The van der Waals surface area contributed by atoms with E-state index in [2.05, 4.69) is 17.0 Å². The third kappa shape index (κ3) is 3.77. The maximum absolute atomic E-state index is 5.97. The van der Waals surface area contributed by atoms with Gasteiger partial charge in [-0.2, -0.15) is 0 Å². The van der Waals surface area contributed by atoms with Crippen LogP contribution in [-0.2, 0) is 6.54 Å². The van der Waals surface area contributed by atoms with Crippen LogP contribution < -0.4 is 9.47 Å². The van der Waals surface area contributed by atoms with E-state index in [4.69, 9.17) is 21.1 Å². The molecule has 0 bridgehead atoms. The van der Waals surface area contributed by atoms with Crippen molar-refractivity contribution in [2.75, 3.05) is 33.2 Å². The predicted octanol–water partition coefficient (Wildman–Crippen LogP) is 3.15. The lowest BCUT2D eigenvalue weighted by atomic mass is 9.99. The molecule has 1 atom stereocenters. The van der Waals surface area contributed by atoms with Crippen LogP contribution in [0.4, 0.5) is 0 Å². The minimum absolute atomic E-state index is 0.635. The average molecular weight is 284 g/mol. The molecule has 3 nitrogen and oxygen atoms in total. The summed E-state index contributed by atoms with van der Waals surface area (Å²) in [5, 5.41) is 0. The van der Waals surface area contributed by atoms with Gasteiger partial charge in [0.1, 0.15) is 0 Å². The molecule has 0 radical (unpaired) electrons. The number of hydrogen-bond donors (Lipinski definition) is 0. The Morgan fingerprint density at radius 1 is 1.26 bits per heavy atom. The Balaban J connectivity index is 2.02. The molecule has 106 valence electrons. The fourth-order valence-corrected chi connectivity index (χ4v) is 2.91.